The van der Waals surface area contributed by atoms with Crippen molar-refractivity contribution in [1.29, 1.82) is 0 Å². The van der Waals surface area contributed by atoms with Gasteiger partial charge in [0.05, 0.1) is 42.6 Å². The van der Waals surface area contributed by atoms with Crippen molar-refractivity contribution >= 4 is 40.3 Å². The zero-order valence-corrected chi connectivity index (χ0v) is 46.0. The van der Waals surface area contributed by atoms with E-state index in [2.05, 4.69) is 83.6 Å². The van der Waals surface area contributed by atoms with Gasteiger partial charge in [-0.2, -0.15) is 0 Å². The van der Waals surface area contributed by atoms with Gasteiger partial charge in [0.2, 0.25) is 5.91 Å². The molecule has 0 spiro atoms. The molecule has 2 aromatic heterocycles. The molecule has 3 N–H and O–H groups in total. The second-order valence-electron chi connectivity index (χ2n) is 22.8. The summed E-state index contributed by atoms with van der Waals surface area (Å²) in [7, 11) is 3.30. The molecule has 4 aliphatic heterocycles. The summed E-state index contributed by atoms with van der Waals surface area (Å²) in [5, 5.41) is 17.1. The summed E-state index contributed by atoms with van der Waals surface area (Å²) in [6.07, 6.45) is 3.75. The van der Waals surface area contributed by atoms with Crippen molar-refractivity contribution in [2.24, 2.45) is 23.2 Å². The average molecular weight is 1050 g/mol. The normalized spacial score (nSPS) is 24.6. The number of hydrogen-bond acceptors (Lipinski definition) is 12. The van der Waals surface area contributed by atoms with E-state index >= 15 is 4.79 Å². The van der Waals surface area contributed by atoms with Gasteiger partial charge >= 0.3 is 5.97 Å². The first kappa shape index (κ1) is 53.8. The zero-order chi connectivity index (χ0) is 54.4. The Balaban J connectivity index is 1.06. The Morgan fingerprint density at radius 2 is 1.78 bits per heavy atom. The summed E-state index contributed by atoms with van der Waals surface area (Å²) in [6, 6.07) is 20.6. The Morgan fingerprint density at radius 3 is 2.47 bits per heavy atom. The lowest BCUT2D eigenvalue weighted by atomic mass is 9.84. The number of hydrogen-bond donors (Lipinski definition) is 3. The molecule has 3 aromatic carbocycles. The Morgan fingerprint density at radius 1 is 1.01 bits per heavy atom. The SMILES string of the molecule is C=C[C@@H](C)[C@@H](C(=O)N[C@H]1Cc2cc(O)cc(c2)-c2ccc3c(c2)c(c(-c2cc(N4CCN(CC)CC4)cnc2[C@H](C)OC)n3CC)CC(C)(C)COC(=O)[C@H]2NN(CC3C[C@@H]32)C1=O)N(C)C(=O)[C@@H]1OC[C@@H]1c1ccccc1. The molecule has 5 aliphatic rings. The van der Waals surface area contributed by atoms with Crippen LogP contribution in [0.15, 0.2) is 91.6 Å². The highest BCUT2D eigenvalue weighted by Crippen LogP contribution is 2.46. The molecule has 408 valence electrons. The first-order chi connectivity index (χ1) is 37.0. The monoisotopic (exact) mass is 1050 g/mol. The number of nitrogens with zero attached hydrogens (tertiary/aromatic N) is 6. The molecule has 3 saturated heterocycles. The van der Waals surface area contributed by atoms with E-state index < -0.39 is 53.3 Å². The zero-order valence-electron chi connectivity index (χ0n) is 46.0. The van der Waals surface area contributed by atoms with Crippen molar-refractivity contribution in [1.82, 2.24) is 35.1 Å². The van der Waals surface area contributed by atoms with E-state index in [1.165, 1.54) is 9.91 Å². The molecule has 1 aliphatic carbocycles. The number of phenolic OH excluding ortho intramolecular Hbond substituents is 1. The standard InChI is InChI=1S/C61H76N8O8/c1-10-36(4)54(65(8)59(73)56-49(34-76-56)39-16-14-13-15-17-39)57(71)63-50-26-38-24-41(27-44(70)25-38)40-18-19-51-46(28-40)48(31-61(6,7)35-77-60(74)53-45-29-42(45)33-69(64-53)58(50)72)55(68(51)12-3)47-30-43(32-62-52(47)37(5)75-9)67-22-20-66(11-2)21-23-67/h10,13-19,24-25,27-28,30,32,36-37,42,45,49-50,53-54,56,64,70H,1,11-12,20-23,26,29,31,33-35H2,2-9H3,(H,63,71)/t36-,37+,42?,45+,49-,50+,53+,54+,56-/m1/s1. The molecule has 6 heterocycles. The number of piperazine rings is 1. The van der Waals surface area contributed by atoms with Crippen LogP contribution >= 0.6 is 0 Å². The fourth-order valence-electron chi connectivity index (χ4n) is 12.3. The molecule has 9 atom stereocenters. The molecular weight excluding hydrogens is 973 g/mol. The molecule has 6 bridgehead atoms. The van der Waals surface area contributed by atoms with Gasteiger partial charge in [-0.3, -0.25) is 29.2 Å². The number of methoxy groups -OCH3 is 1. The van der Waals surface area contributed by atoms with Crippen molar-refractivity contribution in [3.63, 3.8) is 0 Å². The summed E-state index contributed by atoms with van der Waals surface area (Å²) >= 11 is 0. The van der Waals surface area contributed by atoms with Crippen LogP contribution in [0.25, 0.3) is 33.3 Å². The molecular formula is C61H76N8O8. The summed E-state index contributed by atoms with van der Waals surface area (Å²) < 4.78 is 20.6. The number of aryl methyl sites for hydroxylation is 1. The highest BCUT2D eigenvalue weighted by atomic mass is 16.5. The third kappa shape index (κ3) is 10.7. The second kappa shape index (κ2) is 22.0. The number of phenols is 1. The number of ether oxygens (including phenoxy) is 3. The minimum atomic E-state index is -1.19. The number of amides is 3. The van der Waals surface area contributed by atoms with Crippen molar-refractivity contribution in [3.8, 4) is 28.1 Å². The maximum atomic E-state index is 15.1. The van der Waals surface area contributed by atoms with Crippen LogP contribution in [-0.4, -0.2) is 144 Å². The minimum absolute atomic E-state index is 0.00441. The molecule has 77 heavy (non-hydrogen) atoms. The Labute approximate surface area is 452 Å². The van der Waals surface area contributed by atoms with Crippen LogP contribution in [0.2, 0.25) is 0 Å². The number of aromatic nitrogens is 2. The largest absolute Gasteiger partial charge is 0.508 e. The summed E-state index contributed by atoms with van der Waals surface area (Å²) in [6.45, 7) is 22.6. The number of fused-ring (bicyclic) bond motifs is 8. The number of hydrazine groups is 1. The lowest BCUT2D eigenvalue weighted by Gasteiger charge is -2.41. The van der Waals surface area contributed by atoms with Crippen LogP contribution in [0.3, 0.4) is 0 Å². The topological polar surface area (TPSA) is 171 Å². The van der Waals surface area contributed by atoms with E-state index in [9.17, 15) is 19.5 Å². The molecule has 0 radical (unpaired) electrons. The number of nitrogens with one attached hydrogen (secondary N) is 2. The molecule has 3 amide bonds. The summed E-state index contributed by atoms with van der Waals surface area (Å²) in [5.41, 5.74) is 11.8. The molecule has 1 unspecified atom stereocenters. The van der Waals surface area contributed by atoms with E-state index in [-0.39, 0.29) is 48.5 Å². The number of rotatable bonds is 13. The van der Waals surface area contributed by atoms with Gasteiger partial charge in [0, 0.05) is 93.6 Å². The average Bonchev–Trinajstić information content (AvgIpc) is 4.21. The lowest BCUT2D eigenvalue weighted by Crippen LogP contribution is -2.63. The third-order valence-corrected chi connectivity index (χ3v) is 17.0. The van der Waals surface area contributed by atoms with Gasteiger partial charge in [0.25, 0.3) is 11.8 Å². The first-order valence-electron chi connectivity index (χ1n) is 27.6. The molecule has 10 rings (SSSR count). The van der Waals surface area contributed by atoms with Crippen molar-refractivity contribution < 1.29 is 38.5 Å². The minimum Gasteiger partial charge on any atom is -0.508 e. The van der Waals surface area contributed by atoms with Gasteiger partial charge < -0.3 is 43.9 Å². The van der Waals surface area contributed by atoms with Crippen LogP contribution in [-0.2, 0) is 52.8 Å². The fourth-order valence-corrected chi connectivity index (χ4v) is 12.3. The van der Waals surface area contributed by atoms with Crippen molar-refractivity contribution in [3.05, 3.63) is 114 Å². The predicted octanol–water partition coefficient (Wildman–Crippen LogP) is 7.28. The highest BCUT2D eigenvalue weighted by Gasteiger charge is 2.53. The van der Waals surface area contributed by atoms with Gasteiger partial charge in [0.1, 0.15) is 30.0 Å². The van der Waals surface area contributed by atoms with Crippen LogP contribution in [0, 0.1) is 23.2 Å². The van der Waals surface area contributed by atoms with E-state index in [1.807, 2.05) is 56.4 Å². The molecule has 1 saturated carbocycles. The van der Waals surface area contributed by atoms with E-state index in [4.69, 9.17) is 19.2 Å². The van der Waals surface area contributed by atoms with E-state index in [0.29, 0.717) is 31.7 Å². The van der Waals surface area contributed by atoms with Crippen LogP contribution < -0.4 is 15.6 Å². The Hall–Kier alpha value is -6.59. The number of cyclic esters (lactones) is 1. The molecule has 16 heteroatoms. The maximum Gasteiger partial charge on any atom is 0.325 e. The Kier molecular flexibility index (Phi) is 15.4. The van der Waals surface area contributed by atoms with Gasteiger partial charge in [0.15, 0.2) is 0 Å². The smallest absolute Gasteiger partial charge is 0.325 e. The molecule has 16 nitrogen and oxygen atoms in total. The van der Waals surface area contributed by atoms with E-state index in [1.54, 1.807) is 32.4 Å². The van der Waals surface area contributed by atoms with Crippen LogP contribution in [0.5, 0.6) is 5.75 Å². The van der Waals surface area contributed by atoms with Crippen LogP contribution in [0.4, 0.5) is 5.69 Å². The van der Waals surface area contributed by atoms with E-state index in [0.717, 1.165) is 94.9 Å². The second-order valence-corrected chi connectivity index (χ2v) is 22.8. The Bertz CT molecular complexity index is 3040. The number of benzene rings is 3. The van der Waals surface area contributed by atoms with Gasteiger partial charge in [-0.05, 0) is 103 Å². The van der Waals surface area contributed by atoms with Crippen molar-refractivity contribution in [2.75, 3.05) is 71.5 Å². The number of aromatic hydroxyl groups is 1. The predicted molar refractivity (Wildman–Crippen MR) is 297 cm³/mol. The van der Waals surface area contributed by atoms with Crippen LogP contribution in [0.1, 0.15) is 82.4 Å². The number of esters is 1. The van der Waals surface area contributed by atoms with Gasteiger partial charge in [-0.15, -0.1) is 6.58 Å². The molecule has 5 aromatic rings. The quantitative estimate of drug-likeness (QED) is 0.0797. The van der Waals surface area contributed by atoms with Crippen molar-refractivity contribution in [2.45, 2.75) is 104 Å². The summed E-state index contributed by atoms with van der Waals surface area (Å²) in [5.74, 6) is -2.48. The lowest BCUT2D eigenvalue weighted by molar-refractivity contribution is -0.164. The third-order valence-electron chi connectivity index (χ3n) is 17.0. The maximum absolute atomic E-state index is 15.1. The highest BCUT2D eigenvalue weighted by molar-refractivity contribution is 5.97. The number of likely N-dealkylation sites (N-methyl/N-ethyl adjacent to an activating group) is 2. The number of carbonyl (C=O) groups is 4. The number of carbonyl (C=O) groups excluding carboxylic acids is 4. The summed E-state index contributed by atoms with van der Waals surface area (Å²) in [4.78, 5) is 70.2. The van der Waals surface area contributed by atoms with Gasteiger partial charge in [-0.25, -0.2) is 5.43 Å². The van der Waals surface area contributed by atoms with Gasteiger partial charge in [-0.1, -0.05) is 76.2 Å². The first-order valence-corrected chi connectivity index (χ1v) is 27.6. The fraction of sp³-hybridized carbons (Fsp3) is 0.492. The number of pyridine rings is 1. The number of anilines is 1. The molecule has 4 fully saturated rings.